The van der Waals surface area contributed by atoms with E-state index in [0.29, 0.717) is 5.56 Å². The van der Waals surface area contributed by atoms with E-state index in [1.165, 1.54) is 12.7 Å². The fourth-order valence-corrected chi connectivity index (χ4v) is 2.35. The summed E-state index contributed by atoms with van der Waals surface area (Å²) in [5.74, 6) is 0.605. The van der Waals surface area contributed by atoms with Crippen LogP contribution in [0.2, 0.25) is 0 Å². The Morgan fingerprint density at radius 3 is 2.77 bits per heavy atom. The molecule has 0 saturated heterocycles. The van der Waals surface area contributed by atoms with E-state index in [4.69, 9.17) is 0 Å². The Hall–Kier alpha value is -2.31. The number of aryl methyl sites for hydroxylation is 2. The normalized spacial score (nSPS) is 12.1. The van der Waals surface area contributed by atoms with Crippen LogP contribution >= 0.6 is 0 Å². The summed E-state index contributed by atoms with van der Waals surface area (Å²) in [4.78, 5) is 25.0. The molecule has 0 aliphatic carbocycles. The van der Waals surface area contributed by atoms with Crippen molar-refractivity contribution in [2.45, 2.75) is 52.6 Å². The molecular weight excluding hydrogens is 280 g/mol. The molecule has 2 rings (SSSR count). The minimum absolute atomic E-state index is 0.165. The van der Waals surface area contributed by atoms with E-state index in [9.17, 15) is 4.79 Å². The maximum atomic E-state index is 12.6. The summed E-state index contributed by atoms with van der Waals surface area (Å²) in [6.07, 6.45) is 6.99. The summed E-state index contributed by atoms with van der Waals surface area (Å²) in [5.41, 5.74) is 1.31. The molecule has 0 bridgehead atoms. The van der Waals surface area contributed by atoms with Crippen LogP contribution in [0.1, 0.15) is 61.5 Å². The molecule has 0 aliphatic rings. The van der Waals surface area contributed by atoms with Crippen LogP contribution in [0.25, 0.3) is 0 Å². The maximum Gasteiger partial charge on any atom is 0.255 e. The van der Waals surface area contributed by atoms with Crippen LogP contribution in [0.15, 0.2) is 18.9 Å². The molecule has 2 heterocycles. The Morgan fingerprint density at radius 2 is 2.09 bits per heavy atom. The molecule has 0 radical (unpaired) electrons. The highest BCUT2D eigenvalue weighted by Crippen LogP contribution is 2.15. The van der Waals surface area contributed by atoms with Crippen LogP contribution in [0.4, 0.5) is 0 Å². The van der Waals surface area contributed by atoms with Gasteiger partial charge in [-0.15, -0.1) is 0 Å². The number of nitrogens with zero attached hydrogens (tertiary/aromatic N) is 5. The molecule has 0 aliphatic heterocycles. The zero-order chi connectivity index (χ0) is 15.9. The van der Waals surface area contributed by atoms with Gasteiger partial charge in [-0.25, -0.2) is 19.6 Å². The number of hydrogen-bond acceptors (Lipinski definition) is 5. The summed E-state index contributed by atoms with van der Waals surface area (Å²) < 4.78 is 1.79. The molecule has 7 nitrogen and oxygen atoms in total. The first-order valence-corrected chi connectivity index (χ1v) is 7.68. The van der Waals surface area contributed by atoms with Gasteiger partial charge in [-0.3, -0.25) is 4.79 Å². The van der Waals surface area contributed by atoms with Crippen molar-refractivity contribution in [2.24, 2.45) is 0 Å². The number of carbonyl (C=O) groups is 1. The van der Waals surface area contributed by atoms with E-state index in [1.54, 1.807) is 10.9 Å². The molecule has 118 valence electrons. The van der Waals surface area contributed by atoms with E-state index in [1.807, 2.05) is 13.8 Å². The van der Waals surface area contributed by atoms with Crippen LogP contribution < -0.4 is 5.32 Å². The van der Waals surface area contributed by atoms with Crippen molar-refractivity contribution in [3.05, 3.63) is 35.9 Å². The molecule has 0 fully saturated rings. The average Bonchev–Trinajstić information content (AvgIpc) is 3.01. The first-order chi connectivity index (χ1) is 10.7. The number of carbonyl (C=O) groups excluding carboxylic acids is 1. The monoisotopic (exact) mass is 302 g/mol. The molecule has 7 heteroatoms. The van der Waals surface area contributed by atoms with Crippen LogP contribution in [-0.4, -0.2) is 30.6 Å². The van der Waals surface area contributed by atoms with Crippen molar-refractivity contribution in [3.8, 4) is 0 Å². The quantitative estimate of drug-likeness (QED) is 0.844. The van der Waals surface area contributed by atoms with E-state index in [-0.39, 0.29) is 11.9 Å². The van der Waals surface area contributed by atoms with Gasteiger partial charge in [-0.1, -0.05) is 20.3 Å². The topological polar surface area (TPSA) is 85.6 Å². The van der Waals surface area contributed by atoms with Gasteiger partial charge >= 0.3 is 0 Å². The van der Waals surface area contributed by atoms with E-state index >= 15 is 0 Å². The predicted octanol–water partition coefficient (Wildman–Crippen LogP) is 1.92. The summed E-state index contributed by atoms with van der Waals surface area (Å²) in [6, 6.07) is -0.176. The minimum Gasteiger partial charge on any atom is -0.342 e. The smallest absolute Gasteiger partial charge is 0.255 e. The van der Waals surface area contributed by atoms with Gasteiger partial charge in [0.15, 0.2) is 0 Å². The van der Waals surface area contributed by atoms with Crippen LogP contribution in [0.3, 0.4) is 0 Å². The Kier molecular flexibility index (Phi) is 5.57. The molecule has 2 aromatic heterocycles. The van der Waals surface area contributed by atoms with Crippen LogP contribution in [0.5, 0.6) is 0 Å². The Bertz CT molecular complexity index is 624. The number of nitrogens with one attached hydrogen (secondary N) is 1. The number of aromatic nitrogens is 5. The fraction of sp³-hybridized carbons (Fsp3) is 0.533. The predicted molar refractivity (Wildman–Crippen MR) is 82.2 cm³/mol. The lowest BCUT2D eigenvalue weighted by Crippen LogP contribution is -2.31. The zero-order valence-electron chi connectivity index (χ0n) is 13.3. The van der Waals surface area contributed by atoms with Gasteiger partial charge in [0.05, 0.1) is 17.3 Å². The zero-order valence-corrected chi connectivity index (χ0v) is 13.3. The van der Waals surface area contributed by atoms with Gasteiger partial charge < -0.3 is 5.32 Å². The molecule has 2 aromatic rings. The maximum absolute atomic E-state index is 12.6. The van der Waals surface area contributed by atoms with Crippen LogP contribution in [0, 0.1) is 0 Å². The minimum atomic E-state index is -0.176. The lowest BCUT2D eigenvalue weighted by Gasteiger charge is -2.17. The third kappa shape index (κ3) is 3.47. The Labute approximate surface area is 130 Å². The fourth-order valence-electron chi connectivity index (χ4n) is 2.35. The molecule has 0 spiro atoms. The lowest BCUT2D eigenvalue weighted by molar-refractivity contribution is 0.0931. The van der Waals surface area contributed by atoms with Crippen molar-refractivity contribution >= 4 is 5.91 Å². The second kappa shape index (κ2) is 7.63. The van der Waals surface area contributed by atoms with Crippen molar-refractivity contribution in [2.75, 3.05) is 0 Å². The molecule has 1 amide bonds. The molecule has 0 saturated carbocycles. The third-order valence-corrected chi connectivity index (χ3v) is 3.50. The highest BCUT2D eigenvalue weighted by Gasteiger charge is 2.20. The standard InChI is InChI=1S/C15H22N6O/c1-4-7-13-11(8-16-9-17-13)15(22)20-12(5-2)14-18-10-19-21(14)6-3/h8-10,12H,4-7H2,1-3H3,(H,20,22)/t12-/m1/s1. The largest absolute Gasteiger partial charge is 0.342 e. The second-order valence-electron chi connectivity index (χ2n) is 5.00. The molecule has 0 aromatic carbocycles. The van der Waals surface area contributed by atoms with Gasteiger partial charge in [0, 0.05) is 12.7 Å². The van der Waals surface area contributed by atoms with Crippen molar-refractivity contribution in [3.63, 3.8) is 0 Å². The van der Waals surface area contributed by atoms with E-state index in [0.717, 1.165) is 37.3 Å². The van der Waals surface area contributed by atoms with Gasteiger partial charge in [-0.2, -0.15) is 5.10 Å². The summed E-state index contributed by atoms with van der Waals surface area (Å²) in [7, 11) is 0. The summed E-state index contributed by atoms with van der Waals surface area (Å²) in [5, 5.41) is 7.18. The van der Waals surface area contributed by atoms with Gasteiger partial charge in [-0.05, 0) is 19.8 Å². The van der Waals surface area contributed by atoms with Crippen molar-refractivity contribution < 1.29 is 4.79 Å². The SMILES string of the molecule is CCCc1ncncc1C(=O)N[C@H](CC)c1ncnn1CC. The Balaban J connectivity index is 2.20. The summed E-state index contributed by atoms with van der Waals surface area (Å²) >= 11 is 0. The molecule has 1 N–H and O–H groups in total. The first kappa shape index (κ1) is 16.1. The number of hydrogen-bond donors (Lipinski definition) is 1. The highest BCUT2D eigenvalue weighted by molar-refractivity contribution is 5.95. The van der Waals surface area contributed by atoms with E-state index < -0.39 is 0 Å². The van der Waals surface area contributed by atoms with Gasteiger partial charge in [0.25, 0.3) is 5.91 Å². The van der Waals surface area contributed by atoms with Gasteiger partial charge in [0.2, 0.25) is 0 Å². The molecule has 22 heavy (non-hydrogen) atoms. The third-order valence-electron chi connectivity index (χ3n) is 3.50. The first-order valence-electron chi connectivity index (χ1n) is 7.68. The van der Waals surface area contributed by atoms with Crippen molar-refractivity contribution in [1.82, 2.24) is 30.0 Å². The van der Waals surface area contributed by atoms with Crippen molar-refractivity contribution in [1.29, 1.82) is 0 Å². The summed E-state index contributed by atoms with van der Waals surface area (Å²) in [6.45, 7) is 6.78. The molecule has 0 unspecified atom stereocenters. The molecule has 1 atom stereocenters. The lowest BCUT2D eigenvalue weighted by atomic mass is 10.1. The Morgan fingerprint density at radius 1 is 1.27 bits per heavy atom. The number of amides is 1. The number of rotatable bonds is 7. The average molecular weight is 302 g/mol. The van der Waals surface area contributed by atoms with Crippen LogP contribution in [-0.2, 0) is 13.0 Å². The van der Waals surface area contributed by atoms with E-state index in [2.05, 4.69) is 32.3 Å². The van der Waals surface area contributed by atoms with Gasteiger partial charge in [0.1, 0.15) is 18.5 Å². The highest BCUT2D eigenvalue weighted by atomic mass is 16.1. The second-order valence-corrected chi connectivity index (χ2v) is 5.00. The molecular formula is C15H22N6O.